The Kier molecular flexibility index (Phi) is 9.67. The number of amides is 1. The Hall–Kier alpha value is -3.86. The molecule has 0 saturated carbocycles. The van der Waals surface area contributed by atoms with Gasteiger partial charge in [0.15, 0.2) is 11.5 Å². The molecule has 0 heterocycles. The molecule has 0 bridgehead atoms. The van der Waals surface area contributed by atoms with Crippen LogP contribution in [0.1, 0.15) is 23.6 Å². The molecule has 0 atom stereocenters. The molecule has 3 aromatic rings. The van der Waals surface area contributed by atoms with E-state index in [2.05, 4.69) is 5.32 Å². The molecule has 3 rings (SSSR count). The molecule has 7 nitrogen and oxygen atoms in total. The molecule has 9 heteroatoms. The van der Waals surface area contributed by atoms with Gasteiger partial charge in [-0.2, -0.15) is 5.26 Å². The average Bonchev–Trinajstić information content (AvgIpc) is 2.87. The first-order chi connectivity index (χ1) is 17.8. The molecule has 1 N–H and O–H groups in total. The van der Waals surface area contributed by atoms with E-state index in [-0.39, 0.29) is 10.6 Å². The van der Waals surface area contributed by atoms with Crippen molar-refractivity contribution in [1.82, 2.24) is 0 Å². The summed E-state index contributed by atoms with van der Waals surface area (Å²) in [6.07, 6.45) is 1.41. The van der Waals surface area contributed by atoms with Crippen molar-refractivity contribution in [2.45, 2.75) is 20.5 Å². The number of benzene rings is 3. The van der Waals surface area contributed by atoms with Crippen LogP contribution in [0.25, 0.3) is 6.08 Å². The number of aryl methyl sites for hydroxylation is 1. The molecular formula is C28H26Cl2N2O5. The van der Waals surface area contributed by atoms with Crippen LogP contribution in [0.3, 0.4) is 0 Å². The number of halogens is 2. The molecular weight excluding hydrogens is 515 g/mol. The van der Waals surface area contributed by atoms with Crippen molar-refractivity contribution in [3.63, 3.8) is 0 Å². The van der Waals surface area contributed by atoms with Crippen LogP contribution in [0, 0.1) is 18.3 Å². The lowest BCUT2D eigenvalue weighted by Crippen LogP contribution is -2.14. The zero-order valence-electron chi connectivity index (χ0n) is 20.9. The second-order valence-electron chi connectivity index (χ2n) is 7.85. The normalized spacial score (nSPS) is 10.9. The maximum Gasteiger partial charge on any atom is 0.266 e. The first kappa shape index (κ1) is 27.7. The fourth-order valence-corrected chi connectivity index (χ4v) is 4.00. The van der Waals surface area contributed by atoms with Crippen molar-refractivity contribution in [3.8, 4) is 29.1 Å². The van der Waals surface area contributed by atoms with Crippen LogP contribution in [-0.2, 0) is 11.4 Å². The highest BCUT2D eigenvalue weighted by Gasteiger charge is 2.17. The summed E-state index contributed by atoms with van der Waals surface area (Å²) in [6, 6.07) is 16.2. The van der Waals surface area contributed by atoms with Gasteiger partial charge in [0, 0.05) is 12.1 Å². The predicted octanol–water partition coefficient (Wildman–Crippen LogP) is 6.84. The van der Waals surface area contributed by atoms with Gasteiger partial charge >= 0.3 is 0 Å². The van der Waals surface area contributed by atoms with Crippen molar-refractivity contribution < 1.29 is 23.7 Å². The topological polar surface area (TPSA) is 89.8 Å². The quantitative estimate of drug-likeness (QED) is 0.223. The third-order valence-electron chi connectivity index (χ3n) is 5.20. The number of ether oxygens (including phenoxy) is 4. The summed E-state index contributed by atoms with van der Waals surface area (Å²) in [5.74, 6) is 0.778. The van der Waals surface area contributed by atoms with Gasteiger partial charge in [-0.05, 0) is 43.2 Å². The van der Waals surface area contributed by atoms with Gasteiger partial charge in [0.25, 0.3) is 5.91 Å². The van der Waals surface area contributed by atoms with E-state index in [9.17, 15) is 10.1 Å². The van der Waals surface area contributed by atoms with E-state index in [0.29, 0.717) is 52.5 Å². The third kappa shape index (κ3) is 7.10. The summed E-state index contributed by atoms with van der Waals surface area (Å²) in [6.45, 7) is 4.51. The molecule has 0 spiro atoms. The number of nitrogens with one attached hydrogen (secondary N) is 1. The fourth-order valence-electron chi connectivity index (χ4n) is 3.49. The highest BCUT2D eigenvalue weighted by Crippen LogP contribution is 2.38. The molecule has 3 aromatic carbocycles. The van der Waals surface area contributed by atoms with E-state index in [1.807, 2.05) is 44.2 Å². The number of nitriles is 1. The van der Waals surface area contributed by atoms with E-state index in [4.69, 9.17) is 42.1 Å². The van der Waals surface area contributed by atoms with Crippen LogP contribution in [0.2, 0.25) is 10.0 Å². The number of hydrogen-bond donors (Lipinski definition) is 1. The minimum atomic E-state index is -0.654. The summed E-state index contributed by atoms with van der Waals surface area (Å²) in [5, 5.41) is 13.0. The molecule has 0 aliphatic carbocycles. The molecule has 0 unspecified atom stereocenters. The minimum absolute atomic E-state index is 0.164. The number of anilines is 1. The Balaban J connectivity index is 1.88. The van der Waals surface area contributed by atoms with Crippen LogP contribution in [-0.4, -0.2) is 26.7 Å². The zero-order chi connectivity index (χ0) is 26.9. The van der Waals surface area contributed by atoms with Gasteiger partial charge < -0.3 is 24.3 Å². The number of hydrogen-bond acceptors (Lipinski definition) is 6. The SMILES string of the molecule is CCOc1cc(/C=C(\C#N)C(=O)Nc2cc(OC)c(Cl)cc2OC)cc(Cl)c1OCc1cccc(C)c1. The second-order valence-corrected chi connectivity index (χ2v) is 8.67. The lowest BCUT2D eigenvalue weighted by Gasteiger charge is -2.15. The van der Waals surface area contributed by atoms with Crippen LogP contribution in [0.4, 0.5) is 5.69 Å². The number of methoxy groups -OCH3 is 2. The molecule has 192 valence electrons. The van der Waals surface area contributed by atoms with E-state index in [0.717, 1.165) is 11.1 Å². The number of nitrogens with zero attached hydrogens (tertiary/aromatic N) is 1. The Morgan fingerprint density at radius 1 is 1.00 bits per heavy atom. The maximum absolute atomic E-state index is 12.9. The van der Waals surface area contributed by atoms with Gasteiger partial charge in [0.05, 0.1) is 36.6 Å². The number of rotatable bonds is 10. The van der Waals surface area contributed by atoms with E-state index in [1.165, 1.54) is 32.4 Å². The Bertz CT molecular complexity index is 1370. The molecule has 0 saturated heterocycles. The summed E-state index contributed by atoms with van der Waals surface area (Å²) in [7, 11) is 2.89. The van der Waals surface area contributed by atoms with E-state index >= 15 is 0 Å². The standard InChI is InChI=1S/C28H26Cl2N2O5/c1-5-36-26-12-19(11-22(30)27(26)37-16-18-8-6-7-17(2)9-18)10-20(15-31)28(33)32-23-14-24(34-3)21(29)13-25(23)35-4/h6-14H,5,16H2,1-4H3,(H,32,33)/b20-10+. The molecule has 0 aliphatic rings. The lowest BCUT2D eigenvalue weighted by molar-refractivity contribution is -0.112. The molecule has 37 heavy (non-hydrogen) atoms. The molecule has 0 aliphatic heterocycles. The first-order valence-electron chi connectivity index (χ1n) is 11.3. The van der Waals surface area contributed by atoms with E-state index in [1.54, 1.807) is 12.1 Å². The van der Waals surface area contributed by atoms with E-state index < -0.39 is 5.91 Å². The second kappa shape index (κ2) is 12.9. The van der Waals surface area contributed by atoms with Crippen molar-refractivity contribution in [1.29, 1.82) is 5.26 Å². The first-order valence-corrected chi connectivity index (χ1v) is 12.0. The largest absolute Gasteiger partial charge is 0.495 e. The Morgan fingerprint density at radius 2 is 1.76 bits per heavy atom. The van der Waals surface area contributed by atoms with Gasteiger partial charge in [0.2, 0.25) is 0 Å². The predicted molar refractivity (Wildman–Crippen MR) is 145 cm³/mol. The van der Waals surface area contributed by atoms with Crippen molar-refractivity contribution in [2.24, 2.45) is 0 Å². The van der Waals surface area contributed by atoms with Crippen LogP contribution in [0.15, 0.2) is 54.1 Å². The zero-order valence-corrected chi connectivity index (χ0v) is 22.4. The minimum Gasteiger partial charge on any atom is -0.495 e. The summed E-state index contributed by atoms with van der Waals surface area (Å²) in [4.78, 5) is 12.9. The number of carbonyl (C=O) groups is 1. The lowest BCUT2D eigenvalue weighted by atomic mass is 10.1. The van der Waals surface area contributed by atoms with Crippen molar-refractivity contribution in [3.05, 3.63) is 80.8 Å². The number of carbonyl (C=O) groups excluding carboxylic acids is 1. The van der Waals surface area contributed by atoms with Crippen LogP contribution >= 0.6 is 23.2 Å². The summed E-state index contributed by atoms with van der Waals surface area (Å²) >= 11 is 12.7. The van der Waals surface area contributed by atoms with Crippen molar-refractivity contribution in [2.75, 3.05) is 26.1 Å². The van der Waals surface area contributed by atoms with Gasteiger partial charge in [-0.25, -0.2) is 0 Å². The van der Waals surface area contributed by atoms with Crippen molar-refractivity contribution >= 4 is 40.9 Å². The average molecular weight is 541 g/mol. The third-order valence-corrected chi connectivity index (χ3v) is 5.77. The van der Waals surface area contributed by atoms with Gasteiger partial charge in [-0.1, -0.05) is 53.0 Å². The molecule has 0 aromatic heterocycles. The fraction of sp³-hybridized carbons (Fsp3) is 0.214. The Morgan fingerprint density at radius 3 is 2.41 bits per heavy atom. The van der Waals surface area contributed by atoms with Gasteiger partial charge in [-0.15, -0.1) is 0 Å². The Labute approximate surface area is 226 Å². The van der Waals surface area contributed by atoms with Gasteiger partial charge in [-0.3, -0.25) is 4.79 Å². The smallest absolute Gasteiger partial charge is 0.266 e. The maximum atomic E-state index is 12.9. The van der Waals surface area contributed by atoms with Gasteiger partial charge in [0.1, 0.15) is 29.7 Å². The summed E-state index contributed by atoms with van der Waals surface area (Å²) < 4.78 is 22.2. The monoisotopic (exact) mass is 540 g/mol. The highest BCUT2D eigenvalue weighted by molar-refractivity contribution is 6.33. The molecule has 1 amide bonds. The van der Waals surface area contributed by atoms with Crippen LogP contribution < -0.4 is 24.3 Å². The highest BCUT2D eigenvalue weighted by atomic mass is 35.5. The summed E-state index contributed by atoms with van der Waals surface area (Å²) in [5.41, 5.74) is 2.73. The molecule has 0 fully saturated rings. The molecule has 0 radical (unpaired) electrons. The van der Waals surface area contributed by atoms with Crippen LogP contribution in [0.5, 0.6) is 23.0 Å².